The summed E-state index contributed by atoms with van der Waals surface area (Å²) >= 11 is 1.92. The molecule has 2 heterocycles. The maximum atomic E-state index is 11.3. The van der Waals surface area contributed by atoms with E-state index in [1.165, 1.54) is 28.5 Å². The molecule has 0 atom stereocenters. The minimum absolute atomic E-state index is 0.132. The first-order chi connectivity index (χ1) is 10.6. The van der Waals surface area contributed by atoms with Gasteiger partial charge >= 0.3 is 0 Å². The number of aryl methyl sites for hydroxylation is 1. The fourth-order valence-electron chi connectivity index (χ4n) is 2.99. The van der Waals surface area contributed by atoms with Crippen molar-refractivity contribution in [3.05, 3.63) is 51.7 Å². The highest BCUT2D eigenvalue weighted by molar-refractivity contribution is 7.11. The minimum atomic E-state index is 0.132. The van der Waals surface area contributed by atoms with Crippen molar-refractivity contribution in [3.63, 3.8) is 0 Å². The third-order valence-corrected chi connectivity index (χ3v) is 5.33. The molecule has 116 valence electrons. The molecule has 1 N–H and O–H groups in total. The molecule has 3 nitrogen and oxygen atoms in total. The molecule has 1 saturated heterocycles. The largest absolute Gasteiger partial charge is 0.360 e. The molecule has 2 aromatic rings. The molecular weight excluding hydrogens is 292 g/mol. The SMILES string of the molecule is CC(=O)c1ccc(N2CC[NH+](Cc3ccc(C)s3)CC2)cc1. The summed E-state index contributed by atoms with van der Waals surface area (Å²) in [5.74, 6) is 0.132. The minimum Gasteiger partial charge on any atom is -0.360 e. The van der Waals surface area contributed by atoms with Gasteiger partial charge in [-0.15, -0.1) is 11.3 Å². The van der Waals surface area contributed by atoms with E-state index in [9.17, 15) is 4.79 Å². The smallest absolute Gasteiger partial charge is 0.159 e. The van der Waals surface area contributed by atoms with E-state index < -0.39 is 0 Å². The first-order valence-corrected chi connectivity index (χ1v) is 8.68. The Labute approximate surface area is 136 Å². The second kappa shape index (κ2) is 6.63. The van der Waals surface area contributed by atoms with Crippen molar-refractivity contribution in [3.8, 4) is 0 Å². The van der Waals surface area contributed by atoms with Crippen LogP contribution in [0, 0.1) is 6.92 Å². The number of hydrogen-bond acceptors (Lipinski definition) is 3. The van der Waals surface area contributed by atoms with E-state index in [0.29, 0.717) is 0 Å². The van der Waals surface area contributed by atoms with Crippen LogP contribution in [0.3, 0.4) is 0 Å². The van der Waals surface area contributed by atoms with Gasteiger partial charge in [0.1, 0.15) is 6.54 Å². The van der Waals surface area contributed by atoms with Crippen LogP contribution in [-0.2, 0) is 6.54 Å². The molecule has 1 fully saturated rings. The summed E-state index contributed by atoms with van der Waals surface area (Å²) in [5.41, 5.74) is 2.03. The van der Waals surface area contributed by atoms with Gasteiger partial charge in [-0.25, -0.2) is 0 Å². The van der Waals surface area contributed by atoms with Gasteiger partial charge in [0, 0.05) is 16.1 Å². The molecule has 1 aromatic heterocycles. The molecule has 0 aliphatic carbocycles. The lowest BCUT2D eigenvalue weighted by atomic mass is 10.1. The second-order valence-corrected chi connectivity index (χ2v) is 7.40. The Kier molecular flexibility index (Phi) is 4.60. The Bertz CT molecular complexity index is 639. The molecule has 0 amide bonds. The highest BCUT2D eigenvalue weighted by atomic mass is 32.1. The molecule has 0 spiro atoms. The maximum Gasteiger partial charge on any atom is 0.159 e. The molecular formula is C18H23N2OS+. The van der Waals surface area contributed by atoms with Crippen LogP contribution in [0.4, 0.5) is 5.69 Å². The standard InChI is InChI=1S/C18H22N2OS/c1-14-3-8-18(22-14)13-19-9-11-20(12-10-19)17-6-4-16(5-7-17)15(2)21/h3-8H,9-13H2,1-2H3/p+1. The van der Waals surface area contributed by atoms with Crippen LogP contribution in [0.2, 0.25) is 0 Å². The number of nitrogens with zero attached hydrogens (tertiary/aromatic N) is 1. The number of rotatable bonds is 4. The fourth-order valence-corrected chi connectivity index (χ4v) is 3.95. The number of nitrogens with one attached hydrogen (secondary N) is 1. The topological polar surface area (TPSA) is 24.8 Å². The van der Waals surface area contributed by atoms with Crippen LogP contribution >= 0.6 is 11.3 Å². The van der Waals surface area contributed by atoms with Gasteiger partial charge in [0.25, 0.3) is 0 Å². The van der Waals surface area contributed by atoms with Crippen LogP contribution in [0.15, 0.2) is 36.4 Å². The van der Waals surface area contributed by atoms with Crippen molar-refractivity contribution in [2.45, 2.75) is 20.4 Å². The summed E-state index contributed by atoms with van der Waals surface area (Å²) in [6.45, 7) is 9.44. The summed E-state index contributed by atoms with van der Waals surface area (Å²) in [7, 11) is 0. The molecule has 1 aliphatic rings. The molecule has 0 saturated carbocycles. The molecule has 22 heavy (non-hydrogen) atoms. The third-order valence-electron chi connectivity index (χ3n) is 4.33. The predicted molar refractivity (Wildman–Crippen MR) is 92.1 cm³/mol. The van der Waals surface area contributed by atoms with Gasteiger partial charge in [-0.05, 0) is 50.2 Å². The lowest BCUT2D eigenvalue weighted by molar-refractivity contribution is -0.914. The number of Topliss-reactive ketones (excluding diaryl/α,β-unsaturated/α-hetero) is 1. The zero-order valence-corrected chi connectivity index (χ0v) is 14.1. The van der Waals surface area contributed by atoms with E-state index in [2.05, 4.69) is 36.1 Å². The van der Waals surface area contributed by atoms with Gasteiger partial charge in [-0.3, -0.25) is 4.79 Å². The maximum absolute atomic E-state index is 11.3. The quantitative estimate of drug-likeness (QED) is 0.875. The molecule has 0 bridgehead atoms. The lowest BCUT2D eigenvalue weighted by Gasteiger charge is -2.33. The van der Waals surface area contributed by atoms with Gasteiger partial charge < -0.3 is 9.80 Å². The van der Waals surface area contributed by atoms with E-state index >= 15 is 0 Å². The first-order valence-electron chi connectivity index (χ1n) is 7.86. The molecule has 0 radical (unpaired) electrons. The van der Waals surface area contributed by atoms with Crippen molar-refractivity contribution >= 4 is 22.8 Å². The Morgan fingerprint density at radius 2 is 1.82 bits per heavy atom. The third kappa shape index (κ3) is 3.57. The number of anilines is 1. The zero-order valence-electron chi connectivity index (χ0n) is 13.3. The van der Waals surface area contributed by atoms with Crippen LogP contribution in [0.5, 0.6) is 0 Å². The summed E-state index contributed by atoms with van der Waals surface area (Å²) in [5, 5.41) is 0. The Balaban J connectivity index is 1.56. The number of carbonyl (C=O) groups excluding carboxylic acids is 1. The average molecular weight is 315 g/mol. The molecule has 4 heteroatoms. The van der Waals surface area contributed by atoms with E-state index in [4.69, 9.17) is 0 Å². The van der Waals surface area contributed by atoms with Gasteiger partial charge in [-0.2, -0.15) is 0 Å². The summed E-state index contributed by atoms with van der Waals surface area (Å²) in [6, 6.07) is 12.5. The Hall–Kier alpha value is -1.65. The summed E-state index contributed by atoms with van der Waals surface area (Å²) in [4.78, 5) is 18.3. The number of hydrogen-bond donors (Lipinski definition) is 1. The number of thiophene rings is 1. The van der Waals surface area contributed by atoms with Crippen LogP contribution in [0.1, 0.15) is 27.0 Å². The number of carbonyl (C=O) groups is 1. The molecule has 0 unspecified atom stereocenters. The summed E-state index contributed by atoms with van der Waals surface area (Å²) in [6.07, 6.45) is 0. The molecule has 1 aliphatic heterocycles. The first kappa shape index (κ1) is 15.3. The second-order valence-electron chi connectivity index (χ2n) is 6.03. The predicted octanol–water partition coefficient (Wildman–Crippen LogP) is 2.16. The van der Waals surface area contributed by atoms with E-state index in [0.717, 1.165) is 25.2 Å². The normalized spacial score (nSPS) is 16.0. The van der Waals surface area contributed by atoms with Gasteiger partial charge in [0.05, 0.1) is 31.1 Å². The number of piperazine rings is 1. The van der Waals surface area contributed by atoms with Crippen LogP contribution in [-0.4, -0.2) is 32.0 Å². The van der Waals surface area contributed by atoms with E-state index in [1.807, 2.05) is 23.5 Å². The Morgan fingerprint density at radius 3 is 2.36 bits per heavy atom. The van der Waals surface area contributed by atoms with Crippen LogP contribution in [0.25, 0.3) is 0 Å². The lowest BCUT2D eigenvalue weighted by Crippen LogP contribution is -3.13. The van der Waals surface area contributed by atoms with Crippen molar-refractivity contribution in [2.24, 2.45) is 0 Å². The molecule has 3 rings (SSSR count). The highest BCUT2D eigenvalue weighted by Crippen LogP contribution is 2.16. The van der Waals surface area contributed by atoms with Gasteiger partial charge in [0.2, 0.25) is 0 Å². The Morgan fingerprint density at radius 1 is 1.14 bits per heavy atom. The van der Waals surface area contributed by atoms with E-state index in [-0.39, 0.29) is 5.78 Å². The van der Waals surface area contributed by atoms with E-state index in [1.54, 1.807) is 11.8 Å². The monoisotopic (exact) mass is 315 g/mol. The fraction of sp³-hybridized carbons (Fsp3) is 0.389. The van der Waals surface area contributed by atoms with Crippen LogP contribution < -0.4 is 9.80 Å². The van der Waals surface area contributed by atoms with Crippen molar-refractivity contribution in [1.82, 2.24) is 0 Å². The number of benzene rings is 1. The zero-order chi connectivity index (χ0) is 15.5. The number of quaternary nitrogens is 1. The molecule has 1 aromatic carbocycles. The number of ketones is 1. The summed E-state index contributed by atoms with van der Waals surface area (Å²) < 4.78 is 0. The van der Waals surface area contributed by atoms with Crippen molar-refractivity contribution < 1.29 is 9.69 Å². The van der Waals surface area contributed by atoms with Crippen molar-refractivity contribution in [2.75, 3.05) is 31.1 Å². The van der Waals surface area contributed by atoms with Gasteiger partial charge in [-0.1, -0.05) is 0 Å². The highest BCUT2D eigenvalue weighted by Gasteiger charge is 2.20. The van der Waals surface area contributed by atoms with Crippen molar-refractivity contribution in [1.29, 1.82) is 0 Å². The average Bonchev–Trinajstić information content (AvgIpc) is 2.93. The van der Waals surface area contributed by atoms with Gasteiger partial charge in [0.15, 0.2) is 5.78 Å².